The molecule has 1 fully saturated rings. The number of carbonyl (C=O) groups is 1. The number of nitrogens with two attached hydrogens (primary N) is 1. The fraction of sp³-hybridized carbons (Fsp3) is 0.562. The van der Waals surface area contributed by atoms with Gasteiger partial charge in [-0.1, -0.05) is 12.1 Å². The molecule has 0 saturated carbocycles. The SMILES string of the molecule is CN(C)CC1CCN(C(=O)Nc2cccc(CN)c2)CC1. The Morgan fingerprint density at radius 2 is 2.10 bits per heavy atom. The summed E-state index contributed by atoms with van der Waals surface area (Å²) in [4.78, 5) is 16.4. The number of amides is 2. The van der Waals surface area contributed by atoms with Crippen LogP contribution in [0.3, 0.4) is 0 Å². The van der Waals surface area contributed by atoms with Crippen molar-refractivity contribution in [3.05, 3.63) is 29.8 Å². The second-order valence-corrected chi connectivity index (χ2v) is 6.03. The summed E-state index contributed by atoms with van der Waals surface area (Å²) in [5.74, 6) is 0.699. The van der Waals surface area contributed by atoms with Gasteiger partial charge in [-0.3, -0.25) is 0 Å². The fourth-order valence-corrected chi connectivity index (χ4v) is 2.81. The molecule has 1 aromatic carbocycles. The number of urea groups is 1. The second kappa shape index (κ2) is 7.43. The van der Waals surface area contributed by atoms with Gasteiger partial charge in [0.2, 0.25) is 0 Å². The highest BCUT2D eigenvalue weighted by Crippen LogP contribution is 2.19. The lowest BCUT2D eigenvalue weighted by Crippen LogP contribution is -2.42. The van der Waals surface area contributed by atoms with E-state index in [4.69, 9.17) is 5.73 Å². The minimum Gasteiger partial charge on any atom is -0.326 e. The first-order valence-electron chi connectivity index (χ1n) is 7.58. The second-order valence-electron chi connectivity index (χ2n) is 6.03. The first kappa shape index (κ1) is 15.8. The number of piperidine rings is 1. The minimum atomic E-state index is -0.00697. The highest BCUT2D eigenvalue weighted by atomic mass is 16.2. The Kier molecular flexibility index (Phi) is 5.59. The van der Waals surface area contributed by atoms with Crippen LogP contribution in [0.25, 0.3) is 0 Å². The van der Waals surface area contributed by atoms with Gasteiger partial charge in [0.1, 0.15) is 0 Å². The average Bonchev–Trinajstić information content (AvgIpc) is 2.47. The number of anilines is 1. The van der Waals surface area contributed by atoms with Crippen LogP contribution in [-0.4, -0.2) is 49.6 Å². The third-order valence-electron chi connectivity index (χ3n) is 3.94. The molecule has 5 nitrogen and oxygen atoms in total. The molecule has 1 heterocycles. The van der Waals surface area contributed by atoms with Crippen LogP contribution in [-0.2, 0) is 6.54 Å². The van der Waals surface area contributed by atoms with Gasteiger partial charge in [-0.05, 0) is 50.6 Å². The molecular weight excluding hydrogens is 264 g/mol. The third-order valence-corrected chi connectivity index (χ3v) is 3.94. The Labute approximate surface area is 127 Å². The number of carbonyl (C=O) groups excluding carboxylic acids is 1. The minimum absolute atomic E-state index is 0.00697. The zero-order valence-electron chi connectivity index (χ0n) is 13.0. The fourth-order valence-electron chi connectivity index (χ4n) is 2.81. The average molecular weight is 290 g/mol. The Balaban J connectivity index is 1.84. The molecule has 1 aliphatic heterocycles. The maximum absolute atomic E-state index is 12.3. The Hall–Kier alpha value is -1.59. The van der Waals surface area contributed by atoms with E-state index in [0.29, 0.717) is 12.5 Å². The number of rotatable bonds is 4. The van der Waals surface area contributed by atoms with Crippen molar-refractivity contribution in [3.63, 3.8) is 0 Å². The standard InChI is InChI=1S/C16H26N4O/c1-19(2)12-13-6-8-20(9-7-13)16(21)18-15-5-3-4-14(10-15)11-17/h3-5,10,13H,6-9,11-12,17H2,1-2H3,(H,18,21). The van der Waals surface area contributed by atoms with Crippen LogP contribution in [0.15, 0.2) is 24.3 Å². The van der Waals surface area contributed by atoms with E-state index in [1.165, 1.54) is 0 Å². The first-order chi connectivity index (χ1) is 10.1. The number of nitrogens with one attached hydrogen (secondary N) is 1. The summed E-state index contributed by atoms with van der Waals surface area (Å²) < 4.78 is 0. The van der Waals surface area contributed by atoms with Crippen molar-refractivity contribution in [2.75, 3.05) is 39.0 Å². The first-order valence-corrected chi connectivity index (χ1v) is 7.58. The summed E-state index contributed by atoms with van der Waals surface area (Å²) in [5.41, 5.74) is 7.46. The number of hydrogen-bond donors (Lipinski definition) is 2. The van der Waals surface area contributed by atoms with Crippen molar-refractivity contribution < 1.29 is 4.79 Å². The summed E-state index contributed by atoms with van der Waals surface area (Å²) in [5, 5.41) is 2.96. The highest BCUT2D eigenvalue weighted by Gasteiger charge is 2.23. The molecule has 0 atom stereocenters. The molecule has 2 rings (SSSR count). The zero-order chi connectivity index (χ0) is 15.2. The molecule has 0 spiro atoms. The van der Waals surface area contributed by atoms with Gasteiger partial charge in [0.25, 0.3) is 0 Å². The molecule has 0 aromatic heterocycles. The molecule has 0 radical (unpaired) electrons. The number of likely N-dealkylation sites (tertiary alicyclic amines) is 1. The number of benzene rings is 1. The molecule has 2 amide bonds. The third kappa shape index (κ3) is 4.72. The molecule has 0 aliphatic carbocycles. The van der Waals surface area contributed by atoms with E-state index >= 15 is 0 Å². The maximum atomic E-state index is 12.3. The Bertz CT molecular complexity index is 467. The number of hydrogen-bond acceptors (Lipinski definition) is 3. The van der Waals surface area contributed by atoms with Crippen molar-refractivity contribution in [3.8, 4) is 0 Å². The van der Waals surface area contributed by atoms with E-state index in [2.05, 4.69) is 24.3 Å². The monoisotopic (exact) mass is 290 g/mol. The van der Waals surface area contributed by atoms with Crippen LogP contribution in [0.1, 0.15) is 18.4 Å². The van der Waals surface area contributed by atoms with Crippen molar-refractivity contribution >= 4 is 11.7 Å². The van der Waals surface area contributed by atoms with Crippen LogP contribution in [0.4, 0.5) is 10.5 Å². The molecule has 3 N–H and O–H groups in total. The van der Waals surface area contributed by atoms with Crippen molar-refractivity contribution in [2.45, 2.75) is 19.4 Å². The van der Waals surface area contributed by atoms with Crippen LogP contribution >= 0.6 is 0 Å². The number of nitrogens with zero attached hydrogens (tertiary/aromatic N) is 2. The molecule has 0 unspecified atom stereocenters. The van der Waals surface area contributed by atoms with E-state index < -0.39 is 0 Å². The van der Waals surface area contributed by atoms with Crippen molar-refractivity contribution in [2.24, 2.45) is 11.7 Å². The summed E-state index contributed by atoms with van der Waals surface area (Å²) >= 11 is 0. The lowest BCUT2D eigenvalue weighted by Gasteiger charge is -2.33. The molecule has 5 heteroatoms. The molecule has 1 aliphatic rings. The quantitative estimate of drug-likeness (QED) is 0.891. The topological polar surface area (TPSA) is 61.6 Å². The Morgan fingerprint density at radius 1 is 1.38 bits per heavy atom. The predicted octanol–water partition coefficient (Wildman–Crippen LogP) is 1.95. The van der Waals surface area contributed by atoms with Gasteiger partial charge in [-0.2, -0.15) is 0 Å². The smallest absolute Gasteiger partial charge is 0.321 e. The zero-order valence-corrected chi connectivity index (χ0v) is 13.0. The van der Waals surface area contributed by atoms with Gasteiger partial charge in [0, 0.05) is 31.9 Å². The van der Waals surface area contributed by atoms with E-state index in [1.54, 1.807) is 0 Å². The maximum Gasteiger partial charge on any atom is 0.321 e. The summed E-state index contributed by atoms with van der Waals surface area (Å²) in [6.45, 7) is 3.26. The summed E-state index contributed by atoms with van der Waals surface area (Å²) in [6.07, 6.45) is 2.16. The lowest BCUT2D eigenvalue weighted by molar-refractivity contribution is 0.170. The van der Waals surface area contributed by atoms with E-state index in [9.17, 15) is 4.79 Å². The molecule has 0 bridgehead atoms. The van der Waals surface area contributed by atoms with Crippen LogP contribution in [0.2, 0.25) is 0 Å². The van der Waals surface area contributed by atoms with Gasteiger partial charge in [0.15, 0.2) is 0 Å². The van der Waals surface area contributed by atoms with Gasteiger partial charge < -0.3 is 20.9 Å². The predicted molar refractivity (Wildman–Crippen MR) is 86.2 cm³/mol. The molecule has 21 heavy (non-hydrogen) atoms. The van der Waals surface area contributed by atoms with Crippen LogP contribution in [0, 0.1) is 5.92 Å². The normalized spacial score (nSPS) is 16.3. The van der Waals surface area contributed by atoms with Crippen LogP contribution < -0.4 is 11.1 Å². The van der Waals surface area contributed by atoms with Crippen molar-refractivity contribution in [1.82, 2.24) is 9.80 Å². The lowest BCUT2D eigenvalue weighted by atomic mass is 9.97. The summed E-state index contributed by atoms with van der Waals surface area (Å²) in [7, 11) is 4.20. The van der Waals surface area contributed by atoms with Gasteiger partial charge >= 0.3 is 6.03 Å². The molecule has 1 aromatic rings. The summed E-state index contributed by atoms with van der Waals surface area (Å²) in [6, 6.07) is 7.70. The van der Waals surface area contributed by atoms with Crippen molar-refractivity contribution in [1.29, 1.82) is 0 Å². The van der Waals surface area contributed by atoms with Gasteiger partial charge in [-0.25, -0.2) is 4.79 Å². The highest BCUT2D eigenvalue weighted by molar-refractivity contribution is 5.89. The van der Waals surface area contributed by atoms with E-state index in [0.717, 1.165) is 43.7 Å². The van der Waals surface area contributed by atoms with E-state index in [-0.39, 0.29) is 6.03 Å². The van der Waals surface area contributed by atoms with E-state index in [1.807, 2.05) is 29.2 Å². The largest absolute Gasteiger partial charge is 0.326 e. The Morgan fingerprint density at radius 3 is 2.71 bits per heavy atom. The van der Waals surface area contributed by atoms with Gasteiger partial charge in [-0.15, -0.1) is 0 Å². The molecule has 1 saturated heterocycles. The van der Waals surface area contributed by atoms with Crippen LogP contribution in [0.5, 0.6) is 0 Å². The molecular formula is C16H26N4O. The molecule has 116 valence electrons. The van der Waals surface area contributed by atoms with Gasteiger partial charge in [0.05, 0.1) is 0 Å².